The molecule has 0 aliphatic heterocycles. The summed E-state index contributed by atoms with van der Waals surface area (Å²) in [6, 6.07) is 12.5. The molecular weight excluding hydrogens is 240 g/mol. The average Bonchev–Trinajstić information content (AvgIpc) is 2.38. The Kier molecular flexibility index (Phi) is 2.67. The standard InChI is InChI=1S/C16H12O3/c1-10(17)8-11-6-7-13-15(9-11)19-14-5-3-2-4-12(14)16(13)18/h2-7,9H,8H2,1H3. The minimum absolute atomic E-state index is 0.0359. The van der Waals surface area contributed by atoms with E-state index in [2.05, 4.69) is 0 Å². The number of carbonyl (C=O) groups excluding carboxylic acids is 1. The molecule has 2 aromatic carbocycles. The lowest BCUT2D eigenvalue weighted by Crippen LogP contribution is -2.03. The van der Waals surface area contributed by atoms with Crippen molar-refractivity contribution in [3.8, 4) is 0 Å². The van der Waals surface area contributed by atoms with Gasteiger partial charge in [0.25, 0.3) is 0 Å². The second-order valence-electron chi connectivity index (χ2n) is 4.64. The number of hydrogen-bond acceptors (Lipinski definition) is 3. The van der Waals surface area contributed by atoms with Crippen LogP contribution in [0.3, 0.4) is 0 Å². The lowest BCUT2D eigenvalue weighted by atomic mass is 10.1. The Bertz CT molecular complexity index is 843. The maximum atomic E-state index is 12.3. The monoisotopic (exact) mass is 252 g/mol. The number of fused-ring (bicyclic) bond motifs is 2. The molecule has 0 N–H and O–H groups in total. The van der Waals surface area contributed by atoms with Crippen molar-refractivity contribution in [1.29, 1.82) is 0 Å². The number of carbonyl (C=O) groups is 1. The van der Waals surface area contributed by atoms with Crippen molar-refractivity contribution in [2.24, 2.45) is 0 Å². The first kappa shape index (κ1) is 11.7. The van der Waals surface area contributed by atoms with Crippen LogP contribution in [0.5, 0.6) is 0 Å². The fourth-order valence-corrected chi connectivity index (χ4v) is 2.24. The van der Waals surface area contributed by atoms with Crippen molar-refractivity contribution in [2.45, 2.75) is 13.3 Å². The second-order valence-corrected chi connectivity index (χ2v) is 4.64. The first-order chi connectivity index (χ1) is 9.15. The molecule has 1 aromatic heterocycles. The molecule has 1 heterocycles. The molecule has 94 valence electrons. The molecule has 3 nitrogen and oxygen atoms in total. The highest BCUT2D eigenvalue weighted by molar-refractivity contribution is 5.90. The SMILES string of the molecule is CC(=O)Cc1ccc2c(=O)c3ccccc3oc2c1. The van der Waals surface area contributed by atoms with Gasteiger partial charge in [0.2, 0.25) is 5.43 Å². The van der Waals surface area contributed by atoms with Crippen LogP contribution in [0.25, 0.3) is 21.9 Å². The van der Waals surface area contributed by atoms with Crippen molar-refractivity contribution < 1.29 is 9.21 Å². The largest absolute Gasteiger partial charge is 0.456 e. The molecule has 0 amide bonds. The van der Waals surface area contributed by atoms with E-state index in [1.54, 1.807) is 37.3 Å². The van der Waals surface area contributed by atoms with Crippen LogP contribution in [-0.4, -0.2) is 5.78 Å². The van der Waals surface area contributed by atoms with E-state index in [1.165, 1.54) is 0 Å². The molecule has 0 unspecified atom stereocenters. The number of rotatable bonds is 2. The van der Waals surface area contributed by atoms with Gasteiger partial charge in [-0.25, -0.2) is 0 Å². The Morgan fingerprint density at radius 2 is 1.79 bits per heavy atom. The summed E-state index contributed by atoms with van der Waals surface area (Å²) in [6.45, 7) is 1.54. The zero-order chi connectivity index (χ0) is 13.4. The quantitative estimate of drug-likeness (QED) is 0.658. The summed E-state index contributed by atoms with van der Waals surface area (Å²) < 4.78 is 5.74. The number of benzene rings is 2. The van der Waals surface area contributed by atoms with Gasteiger partial charge in [-0.1, -0.05) is 18.2 Å². The number of para-hydroxylation sites is 1. The van der Waals surface area contributed by atoms with Crippen molar-refractivity contribution in [2.75, 3.05) is 0 Å². The first-order valence-electron chi connectivity index (χ1n) is 6.09. The van der Waals surface area contributed by atoms with Crippen LogP contribution < -0.4 is 5.43 Å². The maximum Gasteiger partial charge on any atom is 0.200 e. The highest BCUT2D eigenvalue weighted by Crippen LogP contribution is 2.19. The van der Waals surface area contributed by atoms with Gasteiger partial charge in [-0.3, -0.25) is 9.59 Å². The van der Waals surface area contributed by atoms with E-state index in [9.17, 15) is 9.59 Å². The van der Waals surface area contributed by atoms with Crippen molar-refractivity contribution in [3.63, 3.8) is 0 Å². The Morgan fingerprint density at radius 1 is 1.05 bits per heavy atom. The van der Waals surface area contributed by atoms with Crippen LogP contribution in [0.15, 0.2) is 51.7 Å². The van der Waals surface area contributed by atoms with Gasteiger partial charge in [0.15, 0.2) is 0 Å². The van der Waals surface area contributed by atoms with Crippen molar-refractivity contribution >= 4 is 27.7 Å². The second kappa shape index (κ2) is 4.35. The zero-order valence-electron chi connectivity index (χ0n) is 10.5. The van der Waals surface area contributed by atoms with Gasteiger partial charge < -0.3 is 4.42 Å². The zero-order valence-corrected chi connectivity index (χ0v) is 10.5. The topological polar surface area (TPSA) is 47.3 Å². The van der Waals surface area contributed by atoms with Crippen LogP contribution >= 0.6 is 0 Å². The lowest BCUT2D eigenvalue weighted by Gasteiger charge is -2.03. The van der Waals surface area contributed by atoms with Gasteiger partial charge in [-0.05, 0) is 36.8 Å². The summed E-state index contributed by atoms with van der Waals surface area (Å²) in [5.74, 6) is 0.0856. The van der Waals surface area contributed by atoms with E-state index in [1.807, 2.05) is 12.1 Å². The third kappa shape index (κ3) is 2.03. The summed E-state index contributed by atoms with van der Waals surface area (Å²) >= 11 is 0. The third-order valence-electron chi connectivity index (χ3n) is 3.10. The Morgan fingerprint density at radius 3 is 2.58 bits per heavy atom. The maximum absolute atomic E-state index is 12.3. The predicted octanol–water partition coefficient (Wildman–Crippen LogP) is 3.08. The Balaban J connectivity index is 2.32. The molecule has 0 spiro atoms. The van der Waals surface area contributed by atoms with E-state index in [4.69, 9.17) is 4.42 Å². The Labute approximate surface area is 109 Å². The summed E-state index contributed by atoms with van der Waals surface area (Å²) in [5.41, 5.74) is 1.92. The molecular formula is C16H12O3. The highest BCUT2D eigenvalue weighted by Gasteiger charge is 2.08. The number of ketones is 1. The molecule has 0 fully saturated rings. The van der Waals surface area contributed by atoms with Gasteiger partial charge in [0.1, 0.15) is 16.9 Å². The van der Waals surface area contributed by atoms with E-state index < -0.39 is 0 Å². The molecule has 3 heteroatoms. The van der Waals surface area contributed by atoms with Gasteiger partial charge >= 0.3 is 0 Å². The van der Waals surface area contributed by atoms with Crippen LogP contribution in [0.1, 0.15) is 12.5 Å². The molecule has 0 atom stereocenters. The molecule has 0 aliphatic carbocycles. The first-order valence-corrected chi connectivity index (χ1v) is 6.09. The van der Waals surface area contributed by atoms with Gasteiger partial charge in [0, 0.05) is 6.42 Å². The number of hydrogen-bond donors (Lipinski definition) is 0. The van der Waals surface area contributed by atoms with Gasteiger partial charge in [0.05, 0.1) is 10.8 Å². The molecule has 3 rings (SSSR count). The lowest BCUT2D eigenvalue weighted by molar-refractivity contribution is -0.116. The average molecular weight is 252 g/mol. The van der Waals surface area contributed by atoms with E-state index in [0.29, 0.717) is 28.4 Å². The third-order valence-corrected chi connectivity index (χ3v) is 3.10. The van der Waals surface area contributed by atoms with E-state index in [0.717, 1.165) is 5.56 Å². The summed E-state index contributed by atoms with van der Waals surface area (Å²) in [5, 5.41) is 1.13. The molecule has 0 bridgehead atoms. The van der Waals surface area contributed by atoms with Crippen LogP contribution in [0.4, 0.5) is 0 Å². The smallest absolute Gasteiger partial charge is 0.200 e. The molecule has 0 saturated carbocycles. The molecule has 19 heavy (non-hydrogen) atoms. The van der Waals surface area contributed by atoms with Gasteiger partial charge in [-0.15, -0.1) is 0 Å². The minimum atomic E-state index is -0.0359. The van der Waals surface area contributed by atoms with Gasteiger partial charge in [-0.2, -0.15) is 0 Å². The Hall–Kier alpha value is -2.42. The van der Waals surface area contributed by atoms with Crippen LogP contribution in [-0.2, 0) is 11.2 Å². The fourth-order valence-electron chi connectivity index (χ4n) is 2.24. The minimum Gasteiger partial charge on any atom is -0.456 e. The van der Waals surface area contributed by atoms with E-state index in [-0.39, 0.29) is 11.2 Å². The molecule has 3 aromatic rings. The number of Topliss-reactive ketones (excluding diaryl/α,β-unsaturated/α-hetero) is 1. The van der Waals surface area contributed by atoms with Crippen molar-refractivity contribution in [3.05, 3.63) is 58.3 Å². The summed E-state index contributed by atoms with van der Waals surface area (Å²) in [7, 11) is 0. The highest BCUT2D eigenvalue weighted by atomic mass is 16.3. The van der Waals surface area contributed by atoms with Crippen LogP contribution in [0.2, 0.25) is 0 Å². The molecule has 0 aliphatic rings. The predicted molar refractivity (Wildman–Crippen MR) is 74.4 cm³/mol. The summed E-state index contributed by atoms with van der Waals surface area (Å²) in [4.78, 5) is 23.4. The molecule has 0 radical (unpaired) electrons. The summed E-state index contributed by atoms with van der Waals surface area (Å²) in [6.07, 6.45) is 0.354. The van der Waals surface area contributed by atoms with E-state index >= 15 is 0 Å². The van der Waals surface area contributed by atoms with Crippen molar-refractivity contribution in [1.82, 2.24) is 0 Å². The normalized spacial score (nSPS) is 11.0. The molecule has 0 saturated heterocycles. The fraction of sp³-hybridized carbons (Fsp3) is 0.125. The van der Waals surface area contributed by atoms with Crippen LogP contribution in [0, 0.1) is 0 Å².